The van der Waals surface area contributed by atoms with Gasteiger partial charge in [-0.25, -0.2) is 18.2 Å². The van der Waals surface area contributed by atoms with E-state index in [4.69, 9.17) is 9.47 Å². The number of rotatable bonds is 9. The Morgan fingerprint density at radius 3 is 2.55 bits per heavy atom. The summed E-state index contributed by atoms with van der Waals surface area (Å²) < 4.78 is 54.9. The molecule has 2 N–H and O–H groups in total. The van der Waals surface area contributed by atoms with Crippen molar-refractivity contribution in [3.8, 4) is 22.8 Å². The van der Waals surface area contributed by atoms with E-state index in [0.717, 1.165) is 12.8 Å². The Labute approximate surface area is 251 Å². The van der Waals surface area contributed by atoms with Gasteiger partial charge in [-0.2, -0.15) is 5.10 Å². The highest BCUT2D eigenvalue weighted by Crippen LogP contribution is 2.45. The minimum atomic E-state index is -2.92. The molecule has 44 heavy (non-hydrogen) atoms. The van der Waals surface area contributed by atoms with Gasteiger partial charge < -0.3 is 20.1 Å². The van der Waals surface area contributed by atoms with Crippen molar-refractivity contribution < 1.29 is 32.2 Å². The van der Waals surface area contributed by atoms with Gasteiger partial charge in [-0.05, 0) is 75.2 Å². The fourth-order valence-electron chi connectivity index (χ4n) is 5.30. The number of pyridine rings is 1. The predicted molar refractivity (Wildman–Crippen MR) is 156 cm³/mol. The van der Waals surface area contributed by atoms with Crippen molar-refractivity contribution in [3.05, 3.63) is 76.9 Å². The van der Waals surface area contributed by atoms with Crippen LogP contribution in [0.2, 0.25) is 0 Å². The number of benzene rings is 2. The Morgan fingerprint density at radius 1 is 1.11 bits per heavy atom. The molecule has 228 valence electrons. The number of halogens is 3. The van der Waals surface area contributed by atoms with E-state index in [9.17, 15) is 22.8 Å². The van der Waals surface area contributed by atoms with Crippen LogP contribution in [0.15, 0.2) is 48.5 Å². The van der Waals surface area contributed by atoms with Gasteiger partial charge in [0.15, 0.2) is 0 Å². The second-order valence-corrected chi connectivity index (χ2v) is 11.3. The zero-order valence-electron chi connectivity index (χ0n) is 24.3. The molecule has 1 aliphatic heterocycles. The molecule has 12 heteroatoms. The van der Waals surface area contributed by atoms with Crippen molar-refractivity contribution in [1.82, 2.24) is 25.8 Å². The SMILES string of the molecule is CNC(=O)[C@@]1(C)COc2c1cc(C(CNC(=O)c1cc(OC3CC3)c3nnc(C)cc3c1)C(F)F)nc2-c1ccc(F)cc1. The van der Waals surface area contributed by atoms with Gasteiger partial charge in [-0.15, -0.1) is 5.10 Å². The van der Waals surface area contributed by atoms with Crippen molar-refractivity contribution in [2.24, 2.45) is 0 Å². The Kier molecular flexibility index (Phi) is 7.60. The number of carbonyl (C=O) groups excluding carboxylic acids is 2. The number of nitrogens with one attached hydrogen (secondary N) is 2. The van der Waals surface area contributed by atoms with Crippen LogP contribution in [-0.4, -0.2) is 59.7 Å². The molecule has 0 radical (unpaired) electrons. The van der Waals surface area contributed by atoms with E-state index in [1.54, 1.807) is 32.0 Å². The van der Waals surface area contributed by atoms with Crippen molar-refractivity contribution in [2.45, 2.75) is 50.6 Å². The quantitative estimate of drug-likeness (QED) is 0.280. The number of likely N-dealkylation sites (N-methyl/N-ethyl adjacent to an activating group) is 1. The van der Waals surface area contributed by atoms with Crippen LogP contribution < -0.4 is 20.1 Å². The second kappa shape index (κ2) is 11.4. The number of amides is 2. The van der Waals surface area contributed by atoms with Gasteiger partial charge in [0.05, 0.1) is 23.4 Å². The molecule has 1 aliphatic carbocycles. The molecule has 0 spiro atoms. The van der Waals surface area contributed by atoms with Gasteiger partial charge in [0.2, 0.25) is 12.3 Å². The molecule has 0 saturated heterocycles. The van der Waals surface area contributed by atoms with E-state index < -0.39 is 36.0 Å². The maximum Gasteiger partial charge on any atom is 0.251 e. The maximum atomic E-state index is 14.7. The molecule has 2 aromatic carbocycles. The minimum Gasteiger partial charge on any atom is -0.489 e. The average Bonchev–Trinajstić information content (AvgIpc) is 3.76. The molecule has 9 nitrogen and oxygen atoms in total. The van der Waals surface area contributed by atoms with E-state index >= 15 is 0 Å². The van der Waals surface area contributed by atoms with Crippen LogP contribution >= 0.6 is 0 Å². The minimum absolute atomic E-state index is 0.0332. The number of nitrogens with zero attached hydrogens (tertiary/aromatic N) is 3. The molecule has 1 unspecified atom stereocenters. The number of alkyl halides is 2. The van der Waals surface area contributed by atoms with Gasteiger partial charge in [0.1, 0.15) is 40.5 Å². The number of ether oxygens (including phenoxy) is 2. The summed E-state index contributed by atoms with van der Waals surface area (Å²) in [6.07, 6.45) is -1.09. The third-order valence-corrected chi connectivity index (χ3v) is 7.96. The summed E-state index contributed by atoms with van der Waals surface area (Å²) in [6, 6.07) is 11.8. The number of aromatic nitrogens is 3. The van der Waals surface area contributed by atoms with E-state index in [1.165, 1.54) is 37.4 Å². The van der Waals surface area contributed by atoms with E-state index in [-0.39, 0.29) is 41.3 Å². The lowest BCUT2D eigenvalue weighted by Gasteiger charge is -2.23. The number of fused-ring (bicyclic) bond motifs is 2. The maximum absolute atomic E-state index is 14.7. The molecule has 4 aromatic rings. The molecule has 2 aromatic heterocycles. The van der Waals surface area contributed by atoms with E-state index in [1.807, 2.05) is 0 Å². The molecular formula is C32H30F3N5O4. The van der Waals surface area contributed by atoms with Crippen LogP contribution in [0.1, 0.15) is 53.0 Å². The van der Waals surface area contributed by atoms with Gasteiger partial charge in [-0.1, -0.05) is 0 Å². The Balaban J connectivity index is 1.35. The highest BCUT2D eigenvalue weighted by molar-refractivity contribution is 6.00. The smallest absolute Gasteiger partial charge is 0.251 e. The first-order valence-corrected chi connectivity index (χ1v) is 14.2. The third-order valence-electron chi connectivity index (χ3n) is 7.96. The first-order valence-electron chi connectivity index (χ1n) is 14.2. The van der Waals surface area contributed by atoms with Crippen molar-refractivity contribution in [3.63, 3.8) is 0 Å². The van der Waals surface area contributed by atoms with Crippen molar-refractivity contribution >= 4 is 22.7 Å². The number of carbonyl (C=O) groups is 2. The molecule has 0 bridgehead atoms. The summed E-state index contributed by atoms with van der Waals surface area (Å²) in [5, 5.41) is 14.2. The number of hydrogen-bond donors (Lipinski definition) is 2. The average molecular weight is 606 g/mol. The molecular weight excluding hydrogens is 575 g/mol. The fraction of sp³-hybridized carbons (Fsp3) is 0.344. The normalized spacial score (nSPS) is 18.1. The first-order chi connectivity index (χ1) is 21.1. The lowest BCUT2D eigenvalue weighted by molar-refractivity contribution is -0.126. The standard InChI is InChI=1S/C32H30F3N5O4/c1-16-10-18-11-19(12-25(26(18)40-39-16)44-21-8-9-21)30(41)37-14-22(29(34)35)24-13-23-28(43-15-32(23,2)31(42)36-3)27(38-24)17-4-6-20(33)7-5-17/h4-7,10-13,21-22,29H,8-9,14-15H2,1-3H3,(H,36,42)(H,37,41)/t22?,32-/m0/s1. The fourth-order valence-corrected chi connectivity index (χ4v) is 5.30. The molecule has 3 heterocycles. The Hall–Kier alpha value is -4.74. The summed E-state index contributed by atoms with van der Waals surface area (Å²) >= 11 is 0. The Bertz CT molecular complexity index is 1760. The molecule has 1 fully saturated rings. The third kappa shape index (κ3) is 5.51. The topological polar surface area (TPSA) is 115 Å². The van der Waals surface area contributed by atoms with Crippen molar-refractivity contribution in [2.75, 3.05) is 20.2 Å². The zero-order chi connectivity index (χ0) is 31.2. The van der Waals surface area contributed by atoms with Crippen LogP contribution in [-0.2, 0) is 10.2 Å². The molecule has 6 rings (SSSR count). The summed E-state index contributed by atoms with van der Waals surface area (Å²) in [5.41, 5.74) is 1.18. The van der Waals surface area contributed by atoms with Gasteiger partial charge >= 0.3 is 0 Å². The molecule has 2 atom stereocenters. The summed E-state index contributed by atoms with van der Waals surface area (Å²) in [4.78, 5) is 30.8. The van der Waals surface area contributed by atoms with Gasteiger partial charge in [0.25, 0.3) is 5.91 Å². The molecule has 2 amide bonds. The van der Waals surface area contributed by atoms with E-state index in [2.05, 4.69) is 25.8 Å². The largest absolute Gasteiger partial charge is 0.489 e. The first kappa shape index (κ1) is 29.3. The lowest BCUT2D eigenvalue weighted by Crippen LogP contribution is -2.42. The zero-order valence-corrected chi connectivity index (χ0v) is 24.3. The van der Waals surface area contributed by atoms with E-state index in [0.29, 0.717) is 33.5 Å². The second-order valence-electron chi connectivity index (χ2n) is 11.3. The summed E-state index contributed by atoms with van der Waals surface area (Å²) in [6.45, 7) is 2.95. The van der Waals surface area contributed by atoms with Crippen LogP contribution in [0.25, 0.3) is 22.2 Å². The summed E-state index contributed by atoms with van der Waals surface area (Å²) in [5.74, 6) is -2.28. The van der Waals surface area contributed by atoms with Crippen LogP contribution in [0.3, 0.4) is 0 Å². The Morgan fingerprint density at radius 2 is 1.86 bits per heavy atom. The van der Waals surface area contributed by atoms with Gasteiger partial charge in [0, 0.05) is 35.7 Å². The summed E-state index contributed by atoms with van der Waals surface area (Å²) in [7, 11) is 1.48. The van der Waals surface area contributed by atoms with Gasteiger partial charge in [-0.3, -0.25) is 9.59 Å². The monoisotopic (exact) mass is 605 g/mol. The molecule has 1 saturated carbocycles. The predicted octanol–water partition coefficient (Wildman–Crippen LogP) is 4.86. The lowest BCUT2D eigenvalue weighted by atomic mass is 9.82. The number of aryl methyl sites for hydroxylation is 1. The van der Waals surface area contributed by atoms with Crippen LogP contribution in [0, 0.1) is 12.7 Å². The highest BCUT2D eigenvalue weighted by Gasteiger charge is 2.45. The highest BCUT2D eigenvalue weighted by atomic mass is 19.3. The molecule has 2 aliphatic rings. The van der Waals surface area contributed by atoms with Crippen molar-refractivity contribution in [1.29, 1.82) is 0 Å². The number of hydrogen-bond acceptors (Lipinski definition) is 7. The van der Waals surface area contributed by atoms with Crippen LogP contribution in [0.5, 0.6) is 11.5 Å². The van der Waals surface area contributed by atoms with Crippen LogP contribution in [0.4, 0.5) is 13.2 Å².